The first-order valence-corrected chi connectivity index (χ1v) is 32.6. The monoisotopic (exact) mass is 1200 g/mol. The summed E-state index contributed by atoms with van der Waals surface area (Å²) in [6, 6.07) is 0.246. The van der Waals surface area contributed by atoms with Crippen molar-refractivity contribution in [3.8, 4) is 0 Å². The lowest BCUT2D eigenvalue weighted by Crippen LogP contribution is -2.63. The van der Waals surface area contributed by atoms with Crippen LogP contribution in [0.1, 0.15) is 171 Å². The molecular formula is C58H94N4O18S2. The van der Waals surface area contributed by atoms with E-state index in [1.807, 2.05) is 13.8 Å². The highest BCUT2D eigenvalue weighted by molar-refractivity contribution is 7.89. The van der Waals surface area contributed by atoms with Crippen LogP contribution in [0.15, 0.2) is 25.3 Å². The van der Waals surface area contributed by atoms with E-state index in [4.69, 9.17) is 39.5 Å². The molecule has 0 saturated heterocycles. The average molecular weight is 1200 g/mol. The molecule has 22 nitrogen and oxygen atoms in total. The molecule has 8 aliphatic carbocycles. The fourth-order valence-corrected chi connectivity index (χ4v) is 18.2. The zero-order valence-corrected chi connectivity index (χ0v) is 50.9. The van der Waals surface area contributed by atoms with Gasteiger partial charge in [-0.1, -0.05) is 67.5 Å². The van der Waals surface area contributed by atoms with Crippen molar-refractivity contribution in [3.05, 3.63) is 25.3 Å². The number of aliphatic hydroxyl groups excluding tert-OH is 2. The van der Waals surface area contributed by atoms with Crippen molar-refractivity contribution in [1.82, 2.24) is 10.6 Å². The van der Waals surface area contributed by atoms with Crippen LogP contribution >= 0.6 is 0 Å². The Labute approximate surface area is 484 Å². The molecule has 24 heteroatoms. The van der Waals surface area contributed by atoms with Gasteiger partial charge >= 0.3 is 24.4 Å². The van der Waals surface area contributed by atoms with Crippen LogP contribution in [0.5, 0.6) is 0 Å². The van der Waals surface area contributed by atoms with Gasteiger partial charge in [0.25, 0.3) is 20.2 Å². The molecule has 8 aliphatic rings. The Balaban J connectivity index is 0.000000226. The molecule has 0 aliphatic heterocycles. The standard InChI is InChI=1S/2C28H44N2O6.C2H6O6S2/c2*1-6-26(4)15-21(36-25(34)30-24(33)35-19-9-7-18(29)8-10-19)27(5)16(2)11-13-28(17(3)23(26)32)14-12-20(31)22(27)28;3-9(4,5)1-2-10(6,7)8/h2*6,16-19,21-23,32H,1,7-15,29H2,2-5H3,(H,30,33,34);1-2H2,(H,3,4,5)(H,6,7,8)/t2*16-,17+,18?,19?,21-,22+,23+,26-,27+,28+;/m11./s1. The lowest BCUT2D eigenvalue weighted by molar-refractivity contribution is -0.191. The largest absolute Gasteiger partial charge is 0.446 e. The Morgan fingerprint density at radius 3 is 1.15 bits per heavy atom. The molecule has 0 aromatic carbocycles. The Bertz CT molecular complexity index is 2450. The number of ether oxygens (including phenoxy) is 4. The van der Waals surface area contributed by atoms with Gasteiger partial charge in [-0.05, 0) is 137 Å². The topological polar surface area (TPSA) is 365 Å². The number of ketones is 2. The van der Waals surface area contributed by atoms with Crippen LogP contribution < -0.4 is 22.1 Å². The number of Topliss-reactive ketones (excluding diaryl/α,β-unsaturated/α-hetero) is 2. The quantitative estimate of drug-likeness (QED) is 0.0621. The minimum atomic E-state index is -4.30. The second kappa shape index (κ2) is 25.5. The van der Waals surface area contributed by atoms with Crippen molar-refractivity contribution in [3.63, 3.8) is 0 Å². The third-order valence-corrected chi connectivity index (χ3v) is 23.8. The second-order valence-corrected chi connectivity index (χ2v) is 29.8. The van der Waals surface area contributed by atoms with Crippen LogP contribution in [0.4, 0.5) is 19.2 Å². The highest BCUT2D eigenvalue weighted by Crippen LogP contribution is 2.69. The first-order valence-electron chi connectivity index (χ1n) is 29.4. The molecule has 82 heavy (non-hydrogen) atoms. The third-order valence-electron chi connectivity index (χ3n) is 22.1. The fraction of sp³-hybridized carbons (Fsp3) is 0.828. The summed E-state index contributed by atoms with van der Waals surface area (Å²) in [5.41, 5.74) is 8.42. The van der Waals surface area contributed by atoms with E-state index >= 15 is 0 Å². The molecular weight excluding hydrogens is 1100 g/mol. The summed E-state index contributed by atoms with van der Waals surface area (Å²) in [5.74, 6) is -2.18. The highest BCUT2D eigenvalue weighted by atomic mass is 32.2. The van der Waals surface area contributed by atoms with Crippen LogP contribution in [-0.4, -0.2) is 132 Å². The van der Waals surface area contributed by atoms with E-state index in [1.54, 1.807) is 12.2 Å². The zero-order chi connectivity index (χ0) is 61.3. The number of imide groups is 2. The number of carbonyl (C=O) groups excluding carboxylic acids is 6. The predicted molar refractivity (Wildman–Crippen MR) is 303 cm³/mol. The lowest BCUT2D eigenvalue weighted by Gasteiger charge is -2.61. The normalized spacial score (nSPS) is 42.6. The molecule has 4 amide bonds. The Morgan fingerprint density at radius 1 is 0.549 bits per heavy atom. The lowest BCUT2D eigenvalue weighted by atomic mass is 9.44. The van der Waals surface area contributed by atoms with Crippen molar-refractivity contribution in [1.29, 1.82) is 0 Å². The molecule has 0 aromatic rings. The molecule has 8 fully saturated rings. The van der Waals surface area contributed by atoms with Crippen LogP contribution in [0, 0.1) is 68.0 Å². The molecule has 0 aromatic heterocycles. The SMILES string of the molecule is C=C[C@]1(C)C[C@@H](OC(=O)NC(=O)OC2CCC(N)CC2)[C@]2(C)[C@H](C)CC[C@]3(CCC(=O)[C@H]32)[C@@H](C)[C@@H]1O.C=C[C@]1(C)C[C@@H](OC(=O)NC(=O)OC2CCC(N)CC2)[C@]2(C)[C@H](C)CC[C@]3(CCC(=O)[C@H]32)[C@@H](C)[C@@H]1O.O=S(=O)(O)CCS(=O)(=O)O. The van der Waals surface area contributed by atoms with Crippen molar-refractivity contribution in [2.24, 2.45) is 79.5 Å². The minimum Gasteiger partial charge on any atom is -0.446 e. The maximum atomic E-state index is 13.4. The van der Waals surface area contributed by atoms with Gasteiger partial charge < -0.3 is 40.6 Å². The number of nitrogens with two attached hydrogens (primary N) is 2. The van der Waals surface area contributed by atoms with Crippen molar-refractivity contribution >= 4 is 56.2 Å². The van der Waals surface area contributed by atoms with Gasteiger partial charge in [-0.2, -0.15) is 16.8 Å². The molecule has 8 rings (SSSR count). The van der Waals surface area contributed by atoms with Gasteiger partial charge in [-0.3, -0.25) is 18.7 Å². The molecule has 466 valence electrons. The van der Waals surface area contributed by atoms with E-state index < -0.39 is 102 Å². The first-order chi connectivity index (χ1) is 37.9. The summed E-state index contributed by atoms with van der Waals surface area (Å²) in [6.07, 6.45) is 8.99. The summed E-state index contributed by atoms with van der Waals surface area (Å²) in [7, 11) is -8.59. The predicted octanol–water partition coefficient (Wildman–Crippen LogP) is 7.73. The van der Waals surface area contributed by atoms with Crippen molar-refractivity contribution in [2.75, 3.05) is 11.5 Å². The van der Waals surface area contributed by atoms with Crippen molar-refractivity contribution in [2.45, 2.75) is 220 Å². The number of rotatable bonds is 9. The van der Waals surface area contributed by atoms with E-state index in [0.29, 0.717) is 51.4 Å². The Hall–Kier alpha value is -4.04. The maximum absolute atomic E-state index is 13.4. The Morgan fingerprint density at radius 2 is 0.854 bits per heavy atom. The second-order valence-electron chi connectivity index (χ2n) is 26.7. The number of hydrogen-bond acceptors (Lipinski definition) is 18. The minimum absolute atomic E-state index is 0.0999. The summed E-state index contributed by atoms with van der Waals surface area (Å²) in [6.45, 7) is 24.4. The molecule has 0 radical (unpaired) electrons. The Kier molecular flexibility index (Phi) is 20.9. The van der Waals surface area contributed by atoms with Crippen LogP contribution in [-0.2, 0) is 48.8 Å². The molecule has 0 heterocycles. The zero-order valence-electron chi connectivity index (χ0n) is 49.3. The maximum Gasteiger partial charge on any atom is 0.416 e. The summed E-state index contributed by atoms with van der Waals surface area (Å²) in [4.78, 5) is 77.8. The van der Waals surface area contributed by atoms with Gasteiger partial charge in [0, 0.05) is 58.4 Å². The number of nitrogens with one attached hydrogen (secondary N) is 2. The van der Waals surface area contributed by atoms with E-state index in [1.165, 1.54) is 0 Å². The van der Waals surface area contributed by atoms with Crippen molar-refractivity contribution < 1.29 is 83.9 Å². The fourth-order valence-electron chi connectivity index (χ4n) is 16.5. The first kappa shape index (κ1) is 67.1. The van der Waals surface area contributed by atoms with Crippen LogP contribution in [0.2, 0.25) is 0 Å². The van der Waals surface area contributed by atoms with Gasteiger partial charge in [0.2, 0.25) is 0 Å². The van der Waals surface area contributed by atoms with Gasteiger partial charge in [0.1, 0.15) is 36.0 Å². The van der Waals surface area contributed by atoms with Gasteiger partial charge in [-0.15, -0.1) is 13.2 Å². The summed E-state index contributed by atoms with van der Waals surface area (Å²) >= 11 is 0. The smallest absolute Gasteiger partial charge is 0.416 e. The number of alkyl carbamates (subject to hydrolysis) is 4. The third kappa shape index (κ3) is 13.9. The van der Waals surface area contributed by atoms with Gasteiger partial charge in [-0.25, -0.2) is 29.8 Å². The molecule has 4 bridgehead atoms. The number of hydrogen-bond donors (Lipinski definition) is 8. The van der Waals surface area contributed by atoms with Gasteiger partial charge in [0.05, 0.1) is 23.7 Å². The highest BCUT2D eigenvalue weighted by Gasteiger charge is 2.70. The van der Waals surface area contributed by atoms with E-state index in [0.717, 1.165) is 64.2 Å². The van der Waals surface area contributed by atoms with E-state index in [2.05, 4.69) is 65.3 Å². The summed E-state index contributed by atoms with van der Waals surface area (Å²) < 4.78 is 78.3. The van der Waals surface area contributed by atoms with E-state index in [9.17, 15) is 55.8 Å². The number of amides is 4. The van der Waals surface area contributed by atoms with E-state index in [-0.39, 0.29) is 82.2 Å². The molecule has 8 saturated carbocycles. The van der Waals surface area contributed by atoms with Gasteiger partial charge in [0.15, 0.2) is 0 Å². The van der Waals surface area contributed by atoms with Crippen LogP contribution in [0.3, 0.4) is 0 Å². The molecule has 16 atom stereocenters. The average Bonchev–Trinajstić information content (AvgIpc) is 2.17. The number of carbonyl (C=O) groups is 6. The summed E-state index contributed by atoms with van der Waals surface area (Å²) in [5, 5.41) is 27.6. The molecule has 0 unspecified atom stereocenters. The molecule has 10 N–H and O–H groups in total. The number of aliphatic hydroxyl groups is 2. The van der Waals surface area contributed by atoms with Crippen LogP contribution in [0.25, 0.3) is 0 Å². The molecule has 0 spiro atoms.